The summed E-state index contributed by atoms with van der Waals surface area (Å²) in [4.78, 5) is 24.5. The number of aliphatic carboxylic acids is 1. The van der Waals surface area contributed by atoms with E-state index in [2.05, 4.69) is 5.43 Å². The van der Waals surface area contributed by atoms with Gasteiger partial charge in [-0.1, -0.05) is 18.2 Å². The third-order valence-corrected chi connectivity index (χ3v) is 3.08. The van der Waals surface area contributed by atoms with E-state index in [4.69, 9.17) is 9.84 Å². The van der Waals surface area contributed by atoms with E-state index in [0.29, 0.717) is 32.0 Å². The van der Waals surface area contributed by atoms with Gasteiger partial charge < -0.3 is 14.7 Å². The number of rotatable bonds is 6. The number of nitrogens with one attached hydrogen (secondary N) is 1. The molecule has 0 spiro atoms. The van der Waals surface area contributed by atoms with Gasteiger partial charge in [-0.3, -0.25) is 15.0 Å². The predicted molar refractivity (Wildman–Crippen MR) is 76.8 cm³/mol. The minimum atomic E-state index is -0.974. The summed E-state index contributed by atoms with van der Waals surface area (Å²) in [6, 6.07) is 9.03. The molecule has 7 heteroatoms. The van der Waals surface area contributed by atoms with Gasteiger partial charge in [0.05, 0.1) is 19.8 Å². The van der Waals surface area contributed by atoms with E-state index in [0.717, 1.165) is 0 Å². The van der Waals surface area contributed by atoms with Crippen molar-refractivity contribution in [2.24, 2.45) is 0 Å². The maximum Gasteiger partial charge on any atom is 0.323 e. The summed E-state index contributed by atoms with van der Waals surface area (Å²) >= 11 is 0. The summed E-state index contributed by atoms with van der Waals surface area (Å²) in [6.07, 6.45) is 0. The van der Waals surface area contributed by atoms with E-state index in [1.165, 1.54) is 4.90 Å². The van der Waals surface area contributed by atoms with Gasteiger partial charge in [-0.25, -0.2) is 5.01 Å². The zero-order valence-corrected chi connectivity index (χ0v) is 11.7. The van der Waals surface area contributed by atoms with Gasteiger partial charge in [0.25, 0.3) is 5.91 Å². The highest BCUT2D eigenvalue weighted by atomic mass is 16.5. The second-order valence-electron chi connectivity index (χ2n) is 4.72. The molecule has 21 heavy (non-hydrogen) atoms. The zero-order valence-electron chi connectivity index (χ0n) is 11.7. The van der Waals surface area contributed by atoms with Crippen molar-refractivity contribution in [1.29, 1.82) is 0 Å². The third kappa shape index (κ3) is 5.05. The molecule has 0 bridgehead atoms. The molecular weight excluding hydrogens is 274 g/mol. The van der Waals surface area contributed by atoms with Gasteiger partial charge >= 0.3 is 5.97 Å². The fraction of sp³-hybridized carbons (Fsp3) is 0.429. The summed E-state index contributed by atoms with van der Waals surface area (Å²) in [5, 5.41) is 10.8. The van der Waals surface area contributed by atoms with Crippen molar-refractivity contribution in [1.82, 2.24) is 10.4 Å². The van der Waals surface area contributed by atoms with Crippen molar-refractivity contribution in [2.75, 3.05) is 44.3 Å². The van der Waals surface area contributed by atoms with Crippen LogP contribution in [0.1, 0.15) is 0 Å². The summed E-state index contributed by atoms with van der Waals surface area (Å²) in [5.41, 5.74) is 3.48. The van der Waals surface area contributed by atoms with Crippen LogP contribution in [0.2, 0.25) is 0 Å². The lowest BCUT2D eigenvalue weighted by Crippen LogP contribution is -2.51. The van der Waals surface area contributed by atoms with Crippen molar-refractivity contribution in [3.63, 3.8) is 0 Å². The van der Waals surface area contributed by atoms with Crippen LogP contribution in [0.4, 0.5) is 5.69 Å². The molecule has 2 rings (SSSR count). The number of carbonyl (C=O) groups excluding carboxylic acids is 1. The second kappa shape index (κ2) is 7.61. The first-order valence-corrected chi connectivity index (χ1v) is 6.79. The summed E-state index contributed by atoms with van der Waals surface area (Å²) < 4.78 is 5.20. The fourth-order valence-electron chi connectivity index (χ4n) is 2.10. The van der Waals surface area contributed by atoms with Crippen molar-refractivity contribution in [3.05, 3.63) is 30.3 Å². The molecule has 114 valence electrons. The number of carbonyl (C=O) groups is 2. The molecule has 0 unspecified atom stereocenters. The van der Waals surface area contributed by atoms with Gasteiger partial charge in [0.15, 0.2) is 0 Å². The molecule has 2 N–H and O–H groups in total. The van der Waals surface area contributed by atoms with Crippen molar-refractivity contribution in [3.8, 4) is 0 Å². The lowest BCUT2D eigenvalue weighted by atomic mass is 10.3. The summed E-state index contributed by atoms with van der Waals surface area (Å²) in [7, 11) is 0. The minimum absolute atomic E-state index is 0.00628. The number of ether oxygens (including phenoxy) is 1. The first kappa shape index (κ1) is 15.3. The number of anilines is 1. The standard InChI is InChI=1S/C14H19N3O4/c18-13(15-17-6-8-21-9-7-17)10-16(11-14(19)20)12-4-2-1-3-5-12/h1-5H,6-11H2,(H,15,18)(H,19,20). The van der Waals surface area contributed by atoms with Gasteiger partial charge in [-0.2, -0.15) is 0 Å². The van der Waals surface area contributed by atoms with Gasteiger partial charge in [0.2, 0.25) is 0 Å². The lowest BCUT2D eigenvalue weighted by Gasteiger charge is -2.29. The number of amides is 1. The Labute approximate surface area is 123 Å². The van der Waals surface area contributed by atoms with E-state index in [-0.39, 0.29) is 19.0 Å². The first-order valence-electron chi connectivity index (χ1n) is 6.79. The first-order chi connectivity index (χ1) is 10.1. The minimum Gasteiger partial charge on any atom is -0.480 e. The van der Waals surface area contributed by atoms with Crippen LogP contribution in [0.5, 0.6) is 0 Å². The number of carboxylic acid groups (broad SMARTS) is 1. The van der Waals surface area contributed by atoms with Crippen LogP contribution in [0.3, 0.4) is 0 Å². The van der Waals surface area contributed by atoms with E-state index in [1.807, 2.05) is 18.2 Å². The molecule has 1 aromatic rings. The zero-order chi connectivity index (χ0) is 15.1. The molecule has 1 amide bonds. The number of para-hydroxylation sites is 1. The largest absolute Gasteiger partial charge is 0.480 e. The quantitative estimate of drug-likeness (QED) is 0.765. The molecule has 1 aromatic carbocycles. The fourth-order valence-corrected chi connectivity index (χ4v) is 2.10. The number of benzene rings is 1. The maximum absolute atomic E-state index is 12.0. The third-order valence-electron chi connectivity index (χ3n) is 3.08. The maximum atomic E-state index is 12.0. The lowest BCUT2D eigenvalue weighted by molar-refractivity contribution is -0.135. The normalized spacial score (nSPS) is 15.4. The Morgan fingerprint density at radius 1 is 1.19 bits per heavy atom. The van der Waals surface area contributed by atoms with Crippen LogP contribution in [0.15, 0.2) is 30.3 Å². The molecular formula is C14H19N3O4. The molecule has 7 nitrogen and oxygen atoms in total. The van der Waals surface area contributed by atoms with Gasteiger partial charge in [0, 0.05) is 18.8 Å². The van der Waals surface area contributed by atoms with Crippen LogP contribution < -0.4 is 10.3 Å². The molecule has 1 saturated heterocycles. The van der Waals surface area contributed by atoms with Crippen LogP contribution >= 0.6 is 0 Å². The van der Waals surface area contributed by atoms with Gasteiger partial charge in [-0.15, -0.1) is 0 Å². The molecule has 1 aliphatic heterocycles. The van der Waals surface area contributed by atoms with E-state index < -0.39 is 5.97 Å². The Kier molecular flexibility index (Phi) is 5.53. The van der Waals surface area contributed by atoms with Crippen LogP contribution in [0.25, 0.3) is 0 Å². The van der Waals surface area contributed by atoms with Gasteiger partial charge in [0.1, 0.15) is 6.54 Å². The summed E-state index contributed by atoms with van der Waals surface area (Å²) in [6.45, 7) is 2.20. The Bertz CT molecular complexity index is 474. The van der Waals surface area contributed by atoms with Crippen LogP contribution in [-0.2, 0) is 14.3 Å². The molecule has 0 aromatic heterocycles. The van der Waals surface area contributed by atoms with E-state index >= 15 is 0 Å². The molecule has 0 atom stereocenters. The topological polar surface area (TPSA) is 82.1 Å². The molecule has 0 aliphatic carbocycles. The average Bonchev–Trinajstić information content (AvgIpc) is 2.48. The van der Waals surface area contributed by atoms with Crippen LogP contribution in [0, 0.1) is 0 Å². The van der Waals surface area contributed by atoms with Gasteiger partial charge in [-0.05, 0) is 12.1 Å². The van der Waals surface area contributed by atoms with Crippen molar-refractivity contribution in [2.45, 2.75) is 0 Å². The van der Waals surface area contributed by atoms with E-state index in [1.54, 1.807) is 17.1 Å². The molecule has 1 heterocycles. The highest BCUT2D eigenvalue weighted by Crippen LogP contribution is 2.12. The summed E-state index contributed by atoms with van der Waals surface area (Å²) in [5.74, 6) is -1.21. The smallest absolute Gasteiger partial charge is 0.323 e. The number of carboxylic acids is 1. The SMILES string of the molecule is O=C(O)CN(CC(=O)NN1CCOCC1)c1ccccc1. The number of hydrazine groups is 1. The van der Waals surface area contributed by atoms with Crippen molar-refractivity contribution >= 4 is 17.6 Å². The highest BCUT2D eigenvalue weighted by Gasteiger charge is 2.17. The molecule has 0 radical (unpaired) electrons. The predicted octanol–water partition coefficient (Wildman–Crippen LogP) is -0.0590. The molecule has 0 saturated carbocycles. The van der Waals surface area contributed by atoms with Crippen molar-refractivity contribution < 1.29 is 19.4 Å². The Morgan fingerprint density at radius 2 is 1.86 bits per heavy atom. The van der Waals surface area contributed by atoms with E-state index in [9.17, 15) is 9.59 Å². The molecule has 1 fully saturated rings. The number of hydrogen-bond donors (Lipinski definition) is 2. The van der Waals surface area contributed by atoms with Crippen LogP contribution in [-0.4, -0.2) is 61.4 Å². The second-order valence-corrected chi connectivity index (χ2v) is 4.72. The monoisotopic (exact) mass is 293 g/mol. The Hall–Kier alpha value is -2.12. The Balaban J connectivity index is 1.94. The highest BCUT2D eigenvalue weighted by molar-refractivity contribution is 5.83. The number of hydrogen-bond acceptors (Lipinski definition) is 5. The Morgan fingerprint density at radius 3 is 2.48 bits per heavy atom. The molecule has 1 aliphatic rings. The average molecular weight is 293 g/mol. The number of nitrogens with zero attached hydrogens (tertiary/aromatic N) is 2. The number of morpholine rings is 1.